The molecule has 0 aliphatic rings. The molecule has 98 valence electrons. The zero-order valence-electron chi connectivity index (χ0n) is 9.72. The Morgan fingerprint density at radius 1 is 1.42 bits per heavy atom. The molecule has 0 saturated carbocycles. The first-order valence-electron chi connectivity index (χ1n) is 5.37. The molecule has 1 heterocycles. The lowest BCUT2D eigenvalue weighted by Crippen LogP contribution is -2.15. The summed E-state index contributed by atoms with van der Waals surface area (Å²) in [5.74, 6) is 0.0110. The second kappa shape index (κ2) is 6.40. The standard InChI is InChI=1S/C12H10ClN3O2S/c13-8-2-1-3-9(6-8)15-10(17)7-19-11-4-5-14-12(18)16-11/h1-6H,7H2,(H,15,17)(H,14,16,18). The highest BCUT2D eigenvalue weighted by atomic mass is 35.5. The fraction of sp³-hybridized carbons (Fsp3) is 0.0833. The van der Waals surface area contributed by atoms with Crippen LogP contribution < -0.4 is 11.0 Å². The van der Waals surface area contributed by atoms with Crippen LogP contribution >= 0.6 is 23.4 Å². The Hall–Kier alpha value is -1.79. The average molecular weight is 296 g/mol. The summed E-state index contributed by atoms with van der Waals surface area (Å²) in [5.41, 5.74) is 0.210. The number of nitrogens with one attached hydrogen (secondary N) is 2. The maximum absolute atomic E-state index is 11.7. The molecule has 0 saturated heterocycles. The van der Waals surface area contributed by atoms with Gasteiger partial charge in [-0.05, 0) is 24.3 Å². The number of carbonyl (C=O) groups excluding carboxylic acids is 1. The third kappa shape index (κ3) is 4.42. The number of hydrogen-bond donors (Lipinski definition) is 2. The molecule has 1 amide bonds. The van der Waals surface area contributed by atoms with Crippen molar-refractivity contribution in [1.82, 2.24) is 9.97 Å². The van der Waals surface area contributed by atoms with Gasteiger partial charge in [-0.2, -0.15) is 0 Å². The fourth-order valence-corrected chi connectivity index (χ4v) is 2.21. The molecule has 2 rings (SSSR count). The number of halogens is 1. The van der Waals surface area contributed by atoms with E-state index in [0.717, 1.165) is 0 Å². The van der Waals surface area contributed by atoms with E-state index in [4.69, 9.17) is 11.6 Å². The van der Waals surface area contributed by atoms with Crippen molar-refractivity contribution in [2.45, 2.75) is 5.03 Å². The van der Waals surface area contributed by atoms with Crippen LogP contribution in [0.1, 0.15) is 0 Å². The van der Waals surface area contributed by atoms with Crippen molar-refractivity contribution in [3.63, 3.8) is 0 Å². The van der Waals surface area contributed by atoms with E-state index < -0.39 is 5.69 Å². The molecule has 0 fully saturated rings. The number of nitrogens with zero attached hydrogens (tertiary/aromatic N) is 1. The largest absolute Gasteiger partial charge is 0.345 e. The molecule has 0 bridgehead atoms. The Kier molecular flexibility index (Phi) is 4.59. The number of thioether (sulfide) groups is 1. The fourth-order valence-electron chi connectivity index (χ4n) is 1.34. The number of aromatic amines is 1. The molecule has 0 aliphatic carbocycles. The topological polar surface area (TPSA) is 74.8 Å². The summed E-state index contributed by atoms with van der Waals surface area (Å²) >= 11 is 7.04. The molecule has 5 nitrogen and oxygen atoms in total. The minimum Gasteiger partial charge on any atom is -0.325 e. The quantitative estimate of drug-likeness (QED) is 0.669. The first-order chi connectivity index (χ1) is 9.13. The van der Waals surface area contributed by atoms with Crippen LogP contribution in [0.15, 0.2) is 46.3 Å². The second-order valence-electron chi connectivity index (χ2n) is 3.59. The summed E-state index contributed by atoms with van der Waals surface area (Å²) in [5, 5.41) is 3.87. The van der Waals surface area contributed by atoms with E-state index >= 15 is 0 Å². The lowest BCUT2D eigenvalue weighted by atomic mass is 10.3. The van der Waals surface area contributed by atoms with Gasteiger partial charge >= 0.3 is 5.69 Å². The second-order valence-corrected chi connectivity index (χ2v) is 5.04. The van der Waals surface area contributed by atoms with E-state index in [1.54, 1.807) is 30.3 Å². The van der Waals surface area contributed by atoms with Gasteiger partial charge in [0.1, 0.15) is 0 Å². The monoisotopic (exact) mass is 295 g/mol. The minimum absolute atomic E-state index is 0.176. The summed E-state index contributed by atoms with van der Waals surface area (Å²) in [4.78, 5) is 28.7. The van der Waals surface area contributed by atoms with E-state index in [-0.39, 0.29) is 11.7 Å². The van der Waals surface area contributed by atoms with Gasteiger partial charge in [-0.25, -0.2) is 9.78 Å². The van der Waals surface area contributed by atoms with E-state index in [0.29, 0.717) is 15.7 Å². The van der Waals surface area contributed by atoms with E-state index in [2.05, 4.69) is 15.3 Å². The number of hydrogen-bond acceptors (Lipinski definition) is 4. The zero-order chi connectivity index (χ0) is 13.7. The Labute approximate surface area is 118 Å². The summed E-state index contributed by atoms with van der Waals surface area (Å²) in [6.07, 6.45) is 1.40. The average Bonchev–Trinajstić information content (AvgIpc) is 2.36. The van der Waals surface area contributed by atoms with Crippen molar-refractivity contribution >= 4 is 35.0 Å². The van der Waals surface area contributed by atoms with Gasteiger partial charge in [0.05, 0.1) is 10.8 Å². The van der Waals surface area contributed by atoms with Crippen LogP contribution in [-0.4, -0.2) is 21.6 Å². The molecular weight excluding hydrogens is 286 g/mol. The third-order valence-corrected chi connectivity index (χ3v) is 3.31. The number of benzene rings is 1. The van der Waals surface area contributed by atoms with E-state index in [1.807, 2.05) is 0 Å². The molecule has 0 unspecified atom stereocenters. The number of aromatic nitrogens is 2. The number of anilines is 1. The molecule has 0 radical (unpaired) electrons. The van der Waals surface area contributed by atoms with Gasteiger partial charge in [-0.3, -0.25) is 4.79 Å². The molecule has 1 aromatic heterocycles. The lowest BCUT2D eigenvalue weighted by Gasteiger charge is -2.05. The highest BCUT2D eigenvalue weighted by molar-refractivity contribution is 7.99. The summed E-state index contributed by atoms with van der Waals surface area (Å²) in [7, 11) is 0. The molecule has 0 atom stereocenters. The molecule has 7 heteroatoms. The van der Waals surface area contributed by atoms with Crippen LogP contribution in [0, 0.1) is 0 Å². The SMILES string of the molecule is O=C(CSc1ccnc(=O)[nH]1)Nc1cccc(Cl)c1. The van der Waals surface area contributed by atoms with Crippen LogP contribution in [0.5, 0.6) is 0 Å². The minimum atomic E-state index is -0.430. The lowest BCUT2D eigenvalue weighted by molar-refractivity contribution is -0.113. The first kappa shape index (κ1) is 13.6. The van der Waals surface area contributed by atoms with Crippen molar-refractivity contribution in [1.29, 1.82) is 0 Å². The molecule has 2 N–H and O–H groups in total. The van der Waals surface area contributed by atoms with Gasteiger partial charge in [0.25, 0.3) is 0 Å². The zero-order valence-corrected chi connectivity index (χ0v) is 11.3. The van der Waals surface area contributed by atoms with Gasteiger partial charge in [0.2, 0.25) is 5.91 Å². The number of amides is 1. The van der Waals surface area contributed by atoms with Gasteiger partial charge < -0.3 is 10.3 Å². The van der Waals surface area contributed by atoms with Crippen LogP contribution in [0.4, 0.5) is 5.69 Å². The highest BCUT2D eigenvalue weighted by Gasteiger charge is 2.04. The van der Waals surface area contributed by atoms with Crippen molar-refractivity contribution in [3.8, 4) is 0 Å². The van der Waals surface area contributed by atoms with E-state index in [9.17, 15) is 9.59 Å². The first-order valence-corrected chi connectivity index (χ1v) is 6.73. The number of rotatable bonds is 4. The van der Waals surface area contributed by atoms with Gasteiger partial charge in [0, 0.05) is 16.9 Å². The molecule has 0 aliphatic heterocycles. The molecule has 19 heavy (non-hydrogen) atoms. The normalized spacial score (nSPS) is 10.2. The van der Waals surface area contributed by atoms with Crippen molar-refractivity contribution < 1.29 is 4.79 Å². The summed E-state index contributed by atoms with van der Waals surface area (Å²) in [6, 6.07) is 8.54. The molecular formula is C12H10ClN3O2S. The van der Waals surface area contributed by atoms with Gasteiger partial charge in [-0.15, -0.1) is 0 Å². The Morgan fingerprint density at radius 2 is 2.26 bits per heavy atom. The number of H-pyrrole nitrogens is 1. The molecule has 2 aromatic rings. The van der Waals surface area contributed by atoms with Crippen molar-refractivity contribution in [2.75, 3.05) is 11.1 Å². The predicted octanol–water partition coefficient (Wildman–Crippen LogP) is 2.15. The molecule has 1 aromatic carbocycles. The Balaban J connectivity index is 1.90. The Morgan fingerprint density at radius 3 is 3.00 bits per heavy atom. The van der Waals surface area contributed by atoms with E-state index in [1.165, 1.54) is 18.0 Å². The number of carbonyl (C=O) groups is 1. The van der Waals surface area contributed by atoms with Crippen molar-refractivity contribution in [3.05, 3.63) is 52.0 Å². The smallest absolute Gasteiger partial charge is 0.325 e. The van der Waals surface area contributed by atoms with Crippen LogP contribution in [0.2, 0.25) is 5.02 Å². The Bertz CT molecular complexity index is 645. The van der Waals surface area contributed by atoms with Gasteiger partial charge in [0.15, 0.2) is 0 Å². The molecule has 0 spiro atoms. The van der Waals surface area contributed by atoms with Crippen LogP contribution in [-0.2, 0) is 4.79 Å². The van der Waals surface area contributed by atoms with Crippen LogP contribution in [0.25, 0.3) is 0 Å². The van der Waals surface area contributed by atoms with Crippen molar-refractivity contribution in [2.24, 2.45) is 0 Å². The van der Waals surface area contributed by atoms with Crippen LogP contribution in [0.3, 0.4) is 0 Å². The summed E-state index contributed by atoms with van der Waals surface area (Å²) < 4.78 is 0. The maximum Gasteiger partial charge on any atom is 0.345 e. The summed E-state index contributed by atoms with van der Waals surface area (Å²) in [6.45, 7) is 0. The van der Waals surface area contributed by atoms with Gasteiger partial charge in [-0.1, -0.05) is 29.4 Å². The maximum atomic E-state index is 11.7. The highest BCUT2D eigenvalue weighted by Crippen LogP contribution is 2.16. The third-order valence-electron chi connectivity index (χ3n) is 2.11. The predicted molar refractivity (Wildman–Crippen MR) is 75.7 cm³/mol.